The zero-order chi connectivity index (χ0) is 12.7. The van der Waals surface area contributed by atoms with Crippen LogP contribution in [0.15, 0.2) is 48.8 Å². The van der Waals surface area contributed by atoms with E-state index in [1.807, 2.05) is 24.5 Å². The number of hydrogen-bond acceptors (Lipinski definition) is 3. The zero-order valence-corrected chi connectivity index (χ0v) is 12.9. The van der Waals surface area contributed by atoms with E-state index in [0.717, 1.165) is 0 Å². The predicted molar refractivity (Wildman–Crippen MR) is 58.5 cm³/mol. The molecule has 0 saturated heterocycles. The topological polar surface area (TPSA) is 93.2 Å². The van der Waals surface area contributed by atoms with Crippen molar-refractivity contribution in [2.75, 3.05) is 0 Å². The first kappa shape index (κ1) is 17.1. The molecule has 6 heteroatoms. The third-order valence-electron chi connectivity index (χ3n) is 1.87. The summed E-state index contributed by atoms with van der Waals surface area (Å²) in [5.74, 6) is -2.75. The van der Waals surface area contributed by atoms with E-state index in [1.54, 1.807) is 0 Å². The molecule has 0 bridgehead atoms. The first-order valence-electron chi connectivity index (χ1n) is 4.74. The second-order valence-electron chi connectivity index (χ2n) is 3.02. The average molecular weight is 271 g/mol. The van der Waals surface area contributed by atoms with E-state index in [4.69, 9.17) is 5.11 Å². The van der Waals surface area contributed by atoms with E-state index in [-0.39, 0.29) is 62.5 Å². The Hall–Kier alpha value is -0.924. The molecule has 0 spiro atoms. The monoisotopic (exact) mass is 271 g/mol. The van der Waals surface area contributed by atoms with Crippen molar-refractivity contribution in [3.8, 4) is 0 Å². The number of aromatic carboxylic acids is 2. The number of carbonyl (C=O) groups is 2. The molecule has 0 fully saturated rings. The number of hydrogen-bond donors (Lipinski definition) is 2. The Morgan fingerprint density at radius 3 is 1.78 bits per heavy atom. The maximum atomic E-state index is 10.4. The summed E-state index contributed by atoms with van der Waals surface area (Å²) in [6.45, 7) is 0. The molecule has 88 valence electrons. The van der Waals surface area contributed by atoms with E-state index in [2.05, 4.69) is 4.98 Å². The van der Waals surface area contributed by atoms with Crippen molar-refractivity contribution in [3.63, 3.8) is 0 Å². The van der Waals surface area contributed by atoms with E-state index in [1.165, 1.54) is 24.3 Å². The van der Waals surface area contributed by atoms with Gasteiger partial charge >= 0.3 is 57.4 Å². The minimum atomic E-state index is -1.48. The number of benzene rings is 1. The number of nitrogens with one attached hydrogen (secondary N) is 1. The summed E-state index contributed by atoms with van der Waals surface area (Å²) in [4.78, 5) is 23.6. The Morgan fingerprint density at radius 2 is 1.50 bits per heavy atom. The van der Waals surface area contributed by atoms with Gasteiger partial charge in [0.25, 0.3) is 0 Å². The molecule has 0 aliphatic carbocycles. The van der Waals surface area contributed by atoms with Crippen LogP contribution in [0.1, 0.15) is 20.7 Å². The molecule has 5 nitrogen and oxygen atoms in total. The Labute approximate surface area is 146 Å². The smallest absolute Gasteiger partial charge is 0.545 e. The fourth-order valence-corrected chi connectivity index (χ4v) is 1.13. The van der Waals surface area contributed by atoms with Crippen LogP contribution < -0.4 is 56.5 Å². The molecule has 1 heterocycles. The van der Waals surface area contributed by atoms with Crippen LogP contribution >= 0.6 is 0 Å². The Kier molecular flexibility index (Phi) is 8.60. The summed E-state index contributed by atoms with van der Waals surface area (Å²) in [5, 5.41) is 18.9. The summed E-state index contributed by atoms with van der Waals surface area (Å²) >= 11 is 0. The number of carboxylic acid groups (broad SMARTS) is 2. The van der Waals surface area contributed by atoms with Gasteiger partial charge in [0, 0.05) is 18.0 Å². The molecular formula is C12H10KNO4. The van der Waals surface area contributed by atoms with Crippen LogP contribution in [-0.4, -0.2) is 22.0 Å². The molecule has 0 radical (unpaired) electrons. The molecule has 18 heavy (non-hydrogen) atoms. The molecule has 1 aromatic carbocycles. The number of H-pyrrole nitrogens is 1. The van der Waals surface area contributed by atoms with Crippen LogP contribution in [0.3, 0.4) is 0 Å². The van der Waals surface area contributed by atoms with Gasteiger partial charge in [0.05, 0.1) is 11.5 Å². The van der Waals surface area contributed by atoms with Crippen molar-refractivity contribution in [2.24, 2.45) is 0 Å². The number of aromatic amines is 1. The van der Waals surface area contributed by atoms with Crippen molar-refractivity contribution in [3.05, 3.63) is 59.9 Å². The first-order chi connectivity index (χ1) is 8.13. The van der Waals surface area contributed by atoms with Gasteiger partial charge in [0.2, 0.25) is 0 Å². The molecule has 2 N–H and O–H groups in total. The summed E-state index contributed by atoms with van der Waals surface area (Å²) in [7, 11) is 0. The number of carboxylic acids is 2. The largest absolute Gasteiger partial charge is 1.00 e. The van der Waals surface area contributed by atoms with E-state index in [9.17, 15) is 14.7 Å². The van der Waals surface area contributed by atoms with Crippen LogP contribution in [0.4, 0.5) is 0 Å². The Bertz CT molecular complexity index is 446. The van der Waals surface area contributed by atoms with Gasteiger partial charge in [-0.2, -0.15) is 0 Å². The van der Waals surface area contributed by atoms with Gasteiger partial charge in [0.1, 0.15) is 0 Å². The Morgan fingerprint density at radius 1 is 1.00 bits per heavy atom. The minimum Gasteiger partial charge on any atom is -0.545 e. The fourth-order valence-electron chi connectivity index (χ4n) is 1.13. The van der Waals surface area contributed by atoms with Gasteiger partial charge in [-0.05, 0) is 18.2 Å². The molecule has 0 atom stereocenters. The molecule has 0 saturated carbocycles. The van der Waals surface area contributed by atoms with E-state index >= 15 is 0 Å². The van der Waals surface area contributed by atoms with Crippen molar-refractivity contribution >= 4 is 11.9 Å². The molecule has 0 aliphatic rings. The average Bonchev–Trinajstić information content (AvgIpc) is 2.87. The van der Waals surface area contributed by atoms with Crippen LogP contribution in [0.5, 0.6) is 0 Å². The van der Waals surface area contributed by atoms with Gasteiger partial charge in [-0.25, -0.2) is 4.79 Å². The predicted octanol–water partition coefficient (Wildman–Crippen LogP) is -2.23. The summed E-state index contributed by atoms with van der Waals surface area (Å²) in [6, 6.07) is 9.19. The normalized spacial score (nSPS) is 8.44. The molecule has 0 unspecified atom stereocenters. The van der Waals surface area contributed by atoms with Crippen LogP contribution in [-0.2, 0) is 0 Å². The third kappa shape index (κ3) is 5.61. The summed E-state index contributed by atoms with van der Waals surface area (Å²) < 4.78 is 0. The van der Waals surface area contributed by atoms with E-state index < -0.39 is 11.9 Å². The molecule has 2 aromatic rings. The van der Waals surface area contributed by atoms with Gasteiger partial charge in [-0.1, -0.05) is 18.2 Å². The van der Waals surface area contributed by atoms with Crippen molar-refractivity contribution in [1.29, 1.82) is 0 Å². The van der Waals surface area contributed by atoms with Crippen molar-refractivity contribution in [2.45, 2.75) is 0 Å². The SMILES string of the molecule is O=C([O-])c1ccccc1C(=O)O.[K+].c1cc[nH]c1. The van der Waals surface area contributed by atoms with Gasteiger partial charge < -0.3 is 20.0 Å². The second kappa shape index (κ2) is 9.07. The van der Waals surface area contributed by atoms with Gasteiger partial charge in [0.15, 0.2) is 0 Å². The Balaban J connectivity index is 0.000000405. The molecular weight excluding hydrogens is 261 g/mol. The van der Waals surface area contributed by atoms with Crippen LogP contribution in [0, 0.1) is 0 Å². The first-order valence-corrected chi connectivity index (χ1v) is 4.74. The van der Waals surface area contributed by atoms with Crippen LogP contribution in [0.2, 0.25) is 0 Å². The standard InChI is InChI=1S/C8H6O4.C4H5N.K/c9-7(10)5-3-1-2-4-6(5)8(11)12;1-2-4-5-3-1;/h1-4H,(H,9,10)(H,11,12);1-5H;/q;;+1/p-1. The molecule has 1 aromatic heterocycles. The third-order valence-corrected chi connectivity index (χ3v) is 1.87. The van der Waals surface area contributed by atoms with Crippen LogP contribution in [0.25, 0.3) is 0 Å². The summed E-state index contributed by atoms with van der Waals surface area (Å²) in [6.07, 6.45) is 3.75. The zero-order valence-electron chi connectivity index (χ0n) is 9.79. The number of aromatic nitrogens is 1. The molecule has 2 rings (SSSR count). The van der Waals surface area contributed by atoms with Crippen molar-refractivity contribution in [1.82, 2.24) is 4.98 Å². The second-order valence-corrected chi connectivity index (χ2v) is 3.02. The number of rotatable bonds is 2. The van der Waals surface area contributed by atoms with Crippen molar-refractivity contribution < 1.29 is 71.2 Å². The maximum absolute atomic E-state index is 10.4. The molecule has 0 aliphatic heterocycles. The summed E-state index contributed by atoms with van der Waals surface area (Å²) in [5.41, 5.74) is -0.553. The van der Waals surface area contributed by atoms with Gasteiger partial charge in [-0.3, -0.25) is 0 Å². The quantitative estimate of drug-likeness (QED) is 0.604. The number of carbonyl (C=O) groups excluding carboxylic acids is 1. The molecule has 0 amide bonds. The van der Waals surface area contributed by atoms with Gasteiger partial charge in [-0.15, -0.1) is 0 Å². The fraction of sp³-hybridized carbons (Fsp3) is 0. The minimum absolute atomic E-state index is 0. The van der Waals surface area contributed by atoms with E-state index in [0.29, 0.717) is 0 Å². The maximum Gasteiger partial charge on any atom is 1.00 e.